The third kappa shape index (κ3) is 3.78. The first kappa shape index (κ1) is 13.5. The molecule has 0 bridgehead atoms. The second-order valence-electron chi connectivity index (χ2n) is 4.32. The molecule has 0 aromatic heterocycles. The molecule has 0 spiro atoms. The summed E-state index contributed by atoms with van der Waals surface area (Å²) in [5.41, 5.74) is 1.15. The van der Waals surface area contributed by atoms with E-state index < -0.39 is 0 Å². The van der Waals surface area contributed by atoms with Crippen LogP contribution in [-0.4, -0.2) is 19.2 Å². The number of nitrogens with one attached hydrogen (secondary N) is 1. The van der Waals surface area contributed by atoms with E-state index in [1.165, 1.54) is 0 Å². The van der Waals surface area contributed by atoms with Gasteiger partial charge in [0.2, 0.25) is 0 Å². The number of hydrogen-bond acceptors (Lipinski definition) is 2. The van der Waals surface area contributed by atoms with Crippen LogP contribution in [0.1, 0.15) is 32.4 Å². The third-order valence-corrected chi connectivity index (χ3v) is 2.75. The molecule has 2 unspecified atom stereocenters. The largest absolute Gasteiger partial charge is 0.375 e. The molecule has 0 aliphatic rings. The summed E-state index contributed by atoms with van der Waals surface area (Å²) < 4.78 is 5.53. The maximum absolute atomic E-state index is 5.87. The smallest absolute Gasteiger partial charge is 0.0971 e. The SMILES string of the molecule is COC(c1ccc(Cl)cc1)C(C)NC(C)C. The molecule has 0 heterocycles. The molecule has 0 aliphatic carbocycles. The van der Waals surface area contributed by atoms with E-state index >= 15 is 0 Å². The second kappa shape index (κ2) is 6.24. The average Bonchev–Trinajstić information content (AvgIpc) is 2.21. The summed E-state index contributed by atoms with van der Waals surface area (Å²) in [4.78, 5) is 0. The van der Waals surface area contributed by atoms with Crippen LogP contribution >= 0.6 is 11.6 Å². The van der Waals surface area contributed by atoms with Gasteiger partial charge in [0.1, 0.15) is 0 Å². The predicted molar refractivity (Wildman–Crippen MR) is 68.9 cm³/mol. The molecule has 1 aromatic carbocycles. The molecule has 0 aliphatic heterocycles. The standard InChI is InChI=1S/C13H20ClNO/c1-9(2)15-10(3)13(16-4)11-5-7-12(14)8-6-11/h5-10,13,15H,1-4H3. The summed E-state index contributed by atoms with van der Waals surface area (Å²) in [6.45, 7) is 6.39. The van der Waals surface area contributed by atoms with Crippen molar-refractivity contribution < 1.29 is 4.74 Å². The van der Waals surface area contributed by atoms with Crippen molar-refractivity contribution in [3.8, 4) is 0 Å². The molecule has 1 aromatic rings. The van der Waals surface area contributed by atoms with Gasteiger partial charge in [-0.15, -0.1) is 0 Å². The van der Waals surface area contributed by atoms with E-state index in [4.69, 9.17) is 16.3 Å². The van der Waals surface area contributed by atoms with E-state index in [0.29, 0.717) is 6.04 Å². The van der Waals surface area contributed by atoms with Crippen molar-refractivity contribution in [2.24, 2.45) is 0 Å². The maximum atomic E-state index is 5.87. The lowest BCUT2D eigenvalue weighted by atomic mass is 10.0. The molecule has 2 nitrogen and oxygen atoms in total. The lowest BCUT2D eigenvalue weighted by molar-refractivity contribution is 0.0708. The summed E-state index contributed by atoms with van der Waals surface area (Å²) >= 11 is 5.87. The Kier molecular flexibility index (Phi) is 5.26. The van der Waals surface area contributed by atoms with E-state index in [0.717, 1.165) is 10.6 Å². The molecule has 0 radical (unpaired) electrons. The number of methoxy groups -OCH3 is 1. The molecular weight excluding hydrogens is 222 g/mol. The fourth-order valence-corrected chi connectivity index (χ4v) is 2.02. The Labute approximate surface area is 103 Å². The Bertz CT molecular complexity index is 310. The maximum Gasteiger partial charge on any atom is 0.0971 e. The van der Waals surface area contributed by atoms with E-state index in [1.807, 2.05) is 24.3 Å². The highest BCUT2D eigenvalue weighted by atomic mass is 35.5. The minimum Gasteiger partial charge on any atom is -0.375 e. The van der Waals surface area contributed by atoms with Crippen molar-refractivity contribution >= 4 is 11.6 Å². The molecule has 90 valence electrons. The Morgan fingerprint density at radius 3 is 2.12 bits per heavy atom. The van der Waals surface area contributed by atoms with Crippen LogP contribution in [0.3, 0.4) is 0 Å². The second-order valence-corrected chi connectivity index (χ2v) is 4.75. The van der Waals surface area contributed by atoms with Crippen molar-refractivity contribution in [2.75, 3.05) is 7.11 Å². The first-order valence-corrected chi connectivity index (χ1v) is 5.96. The summed E-state index contributed by atoms with van der Waals surface area (Å²) in [6, 6.07) is 8.52. The number of benzene rings is 1. The van der Waals surface area contributed by atoms with E-state index in [-0.39, 0.29) is 12.1 Å². The zero-order valence-electron chi connectivity index (χ0n) is 10.3. The van der Waals surface area contributed by atoms with Gasteiger partial charge < -0.3 is 10.1 Å². The molecule has 0 amide bonds. The van der Waals surface area contributed by atoms with Crippen LogP contribution in [0.25, 0.3) is 0 Å². The number of halogens is 1. The van der Waals surface area contributed by atoms with Gasteiger partial charge in [-0.25, -0.2) is 0 Å². The van der Waals surface area contributed by atoms with Crippen molar-refractivity contribution in [1.29, 1.82) is 0 Å². The van der Waals surface area contributed by atoms with Gasteiger partial charge in [-0.05, 0) is 24.6 Å². The minimum atomic E-state index is 0.0552. The van der Waals surface area contributed by atoms with Gasteiger partial charge in [-0.2, -0.15) is 0 Å². The van der Waals surface area contributed by atoms with Crippen LogP contribution in [-0.2, 0) is 4.74 Å². The van der Waals surface area contributed by atoms with Crippen LogP contribution < -0.4 is 5.32 Å². The van der Waals surface area contributed by atoms with Crippen LogP contribution in [0.2, 0.25) is 5.02 Å². The Balaban J connectivity index is 2.77. The first-order valence-electron chi connectivity index (χ1n) is 5.59. The van der Waals surface area contributed by atoms with Crippen molar-refractivity contribution in [3.05, 3.63) is 34.9 Å². The zero-order valence-corrected chi connectivity index (χ0v) is 11.1. The van der Waals surface area contributed by atoms with Gasteiger partial charge in [0, 0.05) is 24.2 Å². The Morgan fingerprint density at radius 1 is 1.12 bits per heavy atom. The van der Waals surface area contributed by atoms with E-state index in [1.54, 1.807) is 7.11 Å². The molecular formula is C13H20ClNO. The molecule has 2 atom stereocenters. The monoisotopic (exact) mass is 241 g/mol. The van der Waals surface area contributed by atoms with E-state index in [9.17, 15) is 0 Å². The zero-order chi connectivity index (χ0) is 12.1. The molecule has 16 heavy (non-hydrogen) atoms. The van der Waals surface area contributed by atoms with E-state index in [2.05, 4.69) is 26.1 Å². The summed E-state index contributed by atoms with van der Waals surface area (Å²) in [5.74, 6) is 0. The highest BCUT2D eigenvalue weighted by Crippen LogP contribution is 2.22. The molecule has 0 fully saturated rings. The molecule has 1 rings (SSSR count). The molecule has 1 N–H and O–H groups in total. The van der Waals surface area contributed by atoms with Crippen molar-refractivity contribution in [1.82, 2.24) is 5.32 Å². The summed E-state index contributed by atoms with van der Waals surface area (Å²) in [7, 11) is 1.73. The molecule has 0 saturated carbocycles. The van der Waals surface area contributed by atoms with Crippen LogP contribution in [0, 0.1) is 0 Å². The summed E-state index contributed by atoms with van der Waals surface area (Å²) in [6.07, 6.45) is 0.0552. The molecule has 3 heteroatoms. The molecule has 0 saturated heterocycles. The lowest BCUT2D eigenvalue weighted by Gasteiger charge is -2.26. The van der Waals surface area contributed by atoms with Crippen LogP contribution in [0.15, 0.2) is 24.3 Å². The topological polar surface area (TPSA) is 21.3 Å². The quantitative estimate of drug-likeness (QED) is 0.853. The first-order chi connectivity index (χ1) is 7.54. The Hall–Kier alpha value is -0.570. The van der Waals surface area contributed by atoms with Crippen LogP contribution in [0.4, 0.5) is 0 Å². The number of ether oxygens (including phenoxy) is 1. The fraction of sp³-hybridized carbons (Fsp3) is 0.538. The third-order valence-electron chi connectivity index (χ3n) is 2.50. The number of hydrogen-bond donors (Lipinski definition) is 1. The van der Waals surface area contributed by atoms with Crippen molar-refractivity contribution in [3.63, 3.8) is 0 Å². The fourth-order valence-electron chi connectivity index (χ4n) is 1.89. The highest BCUT2D eigenvalue weighted by Gasteiger charge is 2.18. The summed E-state index contributed by atoms with van der Waals surface area (Å²) in [5, 5.41) is 4.20. The Morgan fingerprint density at radius 2 is 1.69 bits per heavy atom. The lowest BCUT2D eigenvalue weighted by Crippen LogP contribution is -2.37. The predicted octanol–water partition coefficient (Wildman–Crippen LogP) is 3.41. The van der Waals surface area contributed by atoms with Gasteiger partial charge in [0.15, 0.2) is 0 Å². The van der Waals surface area contributed by atoms with Gasteiger partial charge in [0.25, 0.3) is 0 Å². The van der Waals surface area contributed by atoms with Gasteiger partial charge >= 0.3 is 0 Å². The van der Waals surface area contributed by atoms with Gasteiger partial charge in [-0.3, -0.25) is 0 Å². The minimum absolute atomic E-state index is 0.0552. The normalized spacial score (nSPS) is 15.1. The van der Waals surface area contributed by atoms with Crippen LogP contribution in [0.5, 0.6) is 0 Å². The van der Waals surface area contributed by atoms with Gasteiger partial charge in [-0.1, -0.05) is 37.6 Å². The van der Waals surface area contributed by atoms with Gasteiger partial charge in [0.05, 0.1) is 6.10 Å². The average molecular weight is 242 g/mol. The van der Waals surface area contributed by atoms with Crippen molar-refractivity contribution in [2.45, 2.75) is 39.0 Å². The number of rotatable bonds is 5. The highest BCUT2D eigenvalue weighted by molar-refractivity contribution is 6.30.